The van der Waals surface area contributed by atoms with E-state index in [1.807, 2.05) is 19.3 Å². The smallest absolute Gasteiger partial charge is 0.202 e. The van der Waals surface area contributed by atoms with Gasteiger partial charge in [0.2, 0.25) is 5.12 Å². The monoisotopic (exact) mass is 334 g/mol. The van der Waals surface area contributed by atoms with E-state index < -0.39 is 0 Å². The molecule has 1 aliphatic carbocycles. The van der Waals surface area contributed by atoms with E-state index in [4.69, 9.17) is 0 Å². The van der Waals surface area contributed by atoms with Gasteiger partial charge in [-0.1, -0.05) is 57.2 Å². The van der Waals surface area contributed by atoms with E-state index in [9.17, 15) is 4.79 Å². The van der Waals surface area contributed by atoms with Gasteiger partial charge in [0.15, 0.2) is 0 Å². The third-order valence-corrected chi connectivity index (χ3v) is 4.80. The summed E-state index contributed by atoms with van der Waals surface area (Å²) in [6.07, 6.45) is 11.0. The number of allylic oxidation sites excluding steroid dienone is 1. The highest BCUT2D eigenvalue weighted by atomic mass is 79.9. The highest BCUT2D eigenvalue weighted by molar-refractivity contribution is 8.93. The Kier molecular flexibility index (Phi) is 9.32. The maximum absolute atomic E-state index is 11.4. The van der Waals surface area contributed by atoms with E-state index >= 15 is 0 Å². The summed E-state index contributed by atoms with van der Waals surface area (Å²) in [7, 11) is 0. The van der Waals surface area contributed by atoms with Crippen molar-refractivity contribution in [2.75, 3.05) is 0 Å². The van der Waals surface area contributed by atoms with Crippen LogP contribution in [0.2, 0.25) is 0 Å². The first-order chi connectivity index (χ1) is 8.09. The van der Waals surface area contributed by atoms with Crippen molar-refractivity contribution in [3.63, 3.8) is 0 Å². The van der Waals surface area contributed by atoms with Crippen molar-refractivity contribution in [1.82, 2.24) is 0 Å². The third-order valence-electron chi connectivity index (χ3n) is 3.67. The molecule has 3 heteroatoms. The summed E-state index contributed by atoms with van der Waals surface area (Å²) < 4.78 is 0. The first-order valence-corrected chi connectivity index (χ1v) is 7.87. The highest BCUT2D eigenvalue weighted by Gasteiger charge is 2.35. The quantitative estimate of drug-likeness (QED) is 0.640. The van der Waals surface area contributed by atoms with E-state index in [-0.39, 0.29) is 22.4 Å². The number of carbonyl (C=O) groups is 1. The molecule has 0 unspecified atom stereocenters. The van der Waals surface area contributed by atoms with Gasteiger partial charge in [0.25, 0.3) is 0 Å². The Hall–Kier alpha value is 0.240. The fraction of sp³-hybridized carbons (Fsp3) is 0.800. The second-order valence-electron chi connectivity index (χ2n) is 5.54. The third kappa shape index (κ3) is 5.48. The average Bonchev–Trinajstić information content (AvgIpc) is 2.92. The second kappa shape index (κ2) is 9.19. The van der Waals surface area contributed by atoms with Gasteiger partial charge in [0.05, 0.1) is 5.41 Å². The minimum atomic E-state index is -0.195. The van der Waals surface area contributed by atoms with Crippen molar-refractivity contribution < 1.29 is 4.79 Å². The molecule has 1 nitrogen and oxygen atoms in total. The molecule has 18 heavy (non-hydrogen) atoms. The lowest BCUT2D eigenvalue weighted by Crippen LogP contribution is -2.19. The molecule has 2 rings (SSSR count). The van der Waals surface area contributed by atoms with Gasteiger partial charge in [0, 0.05) is 0 Å². The average molecular weight is 335 g/mol. The standard InChI is InChI=1S/C10H16OS.C5H10.BrH/c1-4-5-6-8-7-12-9(11)10(8,2)3;1-2-4-5-3-1;/h7H,4-6H2,1-3H3;1-5H2;1H. The van der Waals surface area contributed by atoms with Gasteiger partial charge >= 0.3 is 0 Å². The molecule has 1 saturated carbocycles. The van der Waals surface area contributed by atoms with E-state index in [0.717, 1.165) is 6.42 Å². The van der Waals surface area contributed by atoms with Crippen LogP contribution in [-0.2, 0) is 4.79 Å². The molecule has 1 heterocycles. The number of halogens is 1. The van der Waals surface area contributed by atoms with Crippen molar-refractivity contribution in [2.45, 2.75) is 72.1 Å². The van der Waals surface area contributed by atoms with Crippen LogP contribution in [0.1, 0.15) is 72.1 Å². The summed E-state index contributed by atoms with van der Waals surface area (Å²) >= 11 is 1.36. The lowest BCUT2D eigenvalue weighted by atomic mass is 9.84. The van der Waals surface area contributed by atoms with Gasteiger partial charge in [-0.15, -0.1) is 17.0 Å². The van der Waals surface area contributed by atoms with E-state index in [2.05, 4.69) is 6.92 Å². The van der Waals surface area contributed by atoms with Crippen LogP contribution >= 0.6 is 28.7 Å². The SMILES string of the molecule is Br.C1CCCC1.CCCCC1=CSC(=O)C1(C)C. The molecule has 0 radical (unpaired) electrons. The van der Waals surface area contributed by atoms with E-state index in [0.29, 0.717) is 5.12 Å². The molecule has 0 aromatic carbocycles. The van der Waals surface area contributed by atoms with Gasteiger partial charge < -0.3 is 0 Å². The van der Waals surface area contributed by atoms with E-state index in [1.54, 1.807) is 0 Å². The maximum Gasteiger partial charge on any atom is 0.202 e. The van der Waals surface area contributed by atoms with Gasteiger partial charge in [-0.05, 0) is 37.7 Å². The van der Waals surface area contributed by atoms with Crippen LogP contribution in [0.3, 0.4) is 0 Å². The van der Waals surface area contributed by atoms with Gasteiger partial charge in [-0.25, -0.2) is 0 Å². The number of thioether (sulfide) groups is 1. The maximum atomic E-state index is 11.4. The van der Waals surface area contributed by atoms with Crippen LogP contribution in [0, 0.1) is 5.41 Å². The molecular formula is C15H27BrOS. The lowest BCUT2D eigenvalue weighted by molar-refractivity contribution is -0.116. The molecule has 106 valence electrons. The Bertz CT molecular complexity index is 273. The zero-order valence-corrected chi connectivity index (χ0v) is 14.5. The van der Waals surface area contributed by atoms with Crippen molar-refractivity contribution in [1.29, 1.82) is 0 Å². The van der Waals surface area contributed by atoms with Gasteiger partial charge in [0.1, 0.15) is 0 Å². The number of rotatable bonds is 3. The summed E-state index contributed by atoms with van der Waals surface area (Å²) in [5, 5.41) is 2.34. The zero-order valence-electron chi connectivity index (χ0n) is 12.0. The number of unbranched alkanes of at least 4 members (excludes halogenated alkanes) is 1. The molecule has 0 saturated heterocycles. The Labute approximate surface area is 127 Å². The number of hydrogen-bond donors (Lipinski definition) is 0. The molecule has 2 aliphatic rings. The normalized spacial score (nSPS) is 20.8. The van der Waals surface area contributed by atoms with Gasteiger partial charge in [-0.2, -0.15) is 0 Å². The molecule has 0 bridgehead atoms. The highest BCUT2D eigenvalue weighted by Crippen LogP contribution is 2.42. The largest absolute Gasteiger partial charge is 0.286 e. The Morgan fingerprint density at radius 3 is 2.00 bits per heavy atom. The number of hydrogen-bond acceptors (Lipinski definition) is 2. The topological polar surface area (TPSA) is 17.1 Å². The summed E-state index contributed by atoms with van der Waals surface area (Å²) in [6.45, 7) is 6.23. The van der Waals surface area contributed by atoms with Crippen molar-refractivity contribution in [2.24, 2.45) is 5.41 Å². The first-order valence-electron chi connectivity index (χ1n) is 6.99. The van der Waals surface area contributed by atoms with Crippen LogP contribution in [0.25, 0.3) is 0 Å². The fourth-order valence-electron chi connectivity index (χ4n) is 2.17. The second-order valence-corrected chi connectivity index (χ2v) is 6.39. The Morgan fingerprint density at radius 1 is 1.17 bits per heavy atom. The summed E-state index contributed by atoms with van der Waals surface area (Å²) in [4.78, 5) is 11.4. The minimum Gasteiger partial charge on any atom is -0.286 e. The molecule has 0 atom stereocenters. The van der Waals surface area contributed by atoms with Crippen molar-refractivity contribution in [3.8, 4) is 0 Å². The predicted octanol–water partition coefficient (Wildman–Crippen LogP) is 5.89. The molecular weight excluding hydrogens is 308 g/mol. The van der Waals surface area contributed by atoms with Crippen molar-refractivity contribution >= 4 is 33.9 Å². The van der Waals surface area contributed by atoms with Crippen molar-refractivity contribution in [3.05, 3.63) is 11.0 Å². The molecule has 1 fully saturated rings. The van der Waals surface area contributed by atoms with Gasteiger partial charge in [-0.3, -0.25) is 4.79 Å². The van der Waals surface area contributed by atoms with Crippen LogP contribution < -0.4 is 0 Å². The minimum absolute atomic E-state index is 0. The van der Waals surface area contributed by atoms with Crippen LogP contribution in [0.5, 0.6) is 0 Å². The number of carbonyl (C=O) groups excluding carboxylic acids is 1. The van der Waals surface area contributed by atoms with E-state index in [1.165, 1.54) is 62.3 Å². The zero-order chi connectivity index (χ0) is 12.7. The summed E-state index contributed by atoms with van der Waals surface area (Å²) in [5.41, 5.74) is 1.12. The predicted molar refractivity (Wildman–Crippen MR) is 87.4 cm³/mol. The molecule has 1 aliphatic heterocycles. The molecule has 0 spiro atoms. The first kappa shape index (κ1) is 18.2. The molecule has 0 aromatic rings. The lowest BCUT2D eigenvalue weighted by Gasteiger charge is -2.19. The van der Waals surface area contributed by atoms with Crippen LogP contribution in [-0.4, -0.2) is 5.12 Å². The summed E-state index contributed by atoms with van der Waals surface area (Å²) in [6, 6.07) is 0. The fourth-order valence-corrected chi connectivity index (χ4v) is 3.26. The Morgan fingerprint density at radius 2 is 1.67 bits per heavy atom. The Balaban J connectivity index is 0.000000405. The van der Waals surface area contributed by atoms with Crippen LogP contribution in [0.4, 0.5) is 0 Å². The van der Waals surface area contributed by atoms with Crippen LogP contribution in [0.15, 0.2) is 11.0 Å². The molecule has 0 N–H and O–H groups in total. The molecule has 0 amide bonds. The molecule has 0 aromatic heterocycles. The summed E-state index contributed by atoms with van der Waals surface area (Å²) in [5.74, 6) is 0.